The Balaban J connectivity index is 0.886. The van der Waals surface area contributed by atoms with Crippen molar-refractivity contribution in [3.63, 3.8) is 0 Å². The number of amides is 4. The van der Waals surface area contributed by atoms with E-state index in [4.69, 9.17) is 19.4 Å². The van der Waals surface area contributed by atoms with Gasteiger partial charge in [0.2, 0.25) is 11.8 Å². The molecule has 2 aromatic carbocycles. The van der Waals surface area contributed by atoms with Crippen molar-refractivity contribution in [2.24, 2.45) is 23.2 Å². The Labute approximate surface area is 375 Å². The number of nitrogens with zero attached hydrogens (tertiary/aromatic N) is 4. The van der Waals surface area contributed by atoms with Gasteiger partial charge in [0.1, 0.15) is 23.7 Å². The van der Waals surface area contributed by atoms with E-state index in [9.17, 15) is 19.2 Å². The third kappa shape index (κ3) is 7.27. The van der Waals surface area contributed by atoms with E-state index in [0.717, 1.165) is 54.8 Å². The Kier molecular flexibility index (Phi) is 10.4. The number of carbonyl (C=O) groups excluding carboxylic acids is 4. The largest absolute Gasteiger partial charge is 0.453 e. The molecule has 4 aliphatic carbocycles. The van der Waals surface area contributed by atoms with Gasteiger partial charge >= 0.3 is 12.2 Å². The second-order valence-electron chi connectivity index (χ2n) is 19.8. The van der Waals surface area contributed by atoms with Crippen molar-refractivity contribution in [2.75, 3.05) is 20.8 Å². The highest BCUT2D eigenvalue weighted by atomic mass is 19.3. The zero-order chi connectivity index (χ0) is 45.7. The molecule has 4 amide bonds. The first-order valence-electron chi connectivity index (χ1n) is 22.9. The van der Waals surface area contributed by atoms with Gasteiger partial charge in [-0.1, -0.05) is 64.1 Å². The van der Waals surface area contributed by atoms with Crippen molar-refractivity contribution in [3.05, 3.63) is 81.6 Å². The lowest BCUT2D eigenvalue weighted by molar-refractivity contribution is -0.139. The molecule has 2 bridgehead atoms. The van der Waals surface area contributed by atoms with Crippen LogP contribution < -0.4 is 21.3 Å². The molecule has 14 nitrogen and oxygen atoms in total. The summed E-state index contributed by atoms with van der Waals surface area (Å²) in [7, 11) is 2.55. The summed E-state index contributed by atoms with van der Waals surface area (Å²) in [6.07, 6.45) is 10.5. The number of methoxy groups -OCH3 is 2. The first-order valence-corrected chi connectivity index (χ1v) is 22.9. The highest BCUT2D eigenvalue weighted by Crippen LogP contribution is 2.59. The molecule has 6 aliphatic rings. The summed E-state index contributed by atoms with van der Waals surface area (Å²) in [5.74, 6) is -2.60. The smallest absolute Gasteiger partial charge is 0.407 e. The molecule has 7 unspecified atom stereocenters. The Bertz CT molecular complexity index is 2720. The van der Waals surface area contributed by atoms with Crippen LogP contribution in [0.3, 0.4) is 0 Å². The van der Waals surface area contributed by atoms with Crippen LogP contribution in [0.4, 0.5) is 18.4 Å². The number of rotatable bonds is 10. The second-order valence-corrected chi connectivity index (χ2v) is 19.8. The molecule has 2 saturated carbocycles. The van der Waals surface area contributed by atoms with E-state index in [-0.39, 0.29) is 70.2 Å². The topological polar surface area (TPSA) is 175 Å². The fourth-order valence-corrected chi connectivity index (χ4v) is 11.3. The summed E-state index contributed by atoms with van der Waals surface area (Å²) in [5, 5.41) is 7.02. The number of nitrogens with one attached hydrogen (secondary N) is 4. The number of H-pyrrole nitrogens is 2. The fraction of sp³-hybridized carbons (Fsp3) is 0.510. The number of alkyl halides is 2. The van der Waals surface area contributed by atoms with Gasteiger partial charge in [-0.05, 0) is 96.9 Å². The molecule has 4 N–H and O–H groups in total. The standard InChI is InChI=1S/C49H56F2N8O6/c1-24(2)39(56-46(62)64-5)44(60)58-23-48(15-16-48)21-38(58)42-52-22-37(55-42)28-9-13-32-31-12-8-26(18-33(31)49(50,51)34(32)19-28)27-10-14-35-36(20-27)54-43(53-35)41-29-7-11-30(17-29)59(41)45(61)40(25(3)4)57-47(63)65-6/h8-9,12-14,18-20,22,24-25,27,29-30,38-41H,7,10-11,15-17,21,23H2,1-6H3,(H,52,55)(H,53,54)(H,56,62)(H,57,63). The molecule has 10 rings (SSSR count). The molecule has 2 aliphatic heterocycles. The molecule has 16 heteroatoms. The van der Waals surface area contributed by atoms with Crippen LogP contribution in [0.5, 0.6) is 0 Å². The maximum Gasteiger partial charge on any atom is 0.407 e. The minimum atomic E-state index is -3.26. The van der Waals surface area contributed by atoms with E-state index in [1.807, 2.05) is 50.8 Å². The summed E-state index contributed by atoms with van der Waals surface area (Å²) in [6, 6.07) is 8.40. The lowest BCUT2D eigenvalue weighted by Gasteiger charge is -2.37. The number of alkyl carbamates (subject to hydrolysis) is 2. The molecular formula is C49H56F2N8O6. The lowest BCUT2D eigenvalue weighted by atomic mass is 9.90. The molecule has 4 aromatic rings. The molecule has 342 valence electrons. The van der Waals surface area contributed by atoms with Crippen LogP contribution in [-0.4, -0.2) is 92.6 Å². The number of aromatic amines is 2. The summed E-state index contributed by atoms with van der Waals surface area (Å²) in [4.78, 5) is 72.7. The Hall–Kier alpha value is -6.06. The Morgan fingerprint density at radius 2 is 1.54 bits per heavy atom. The SMILES string of the molecule is COC(=O)NC(C(=O)N1CC2(CC2)CC1c1ncc(-c2ccc3c(c2)C(F)(F)c2cc(C4C=c5[nH]c(C6C7CCC(C7)N6C(=O)C(NC(=O)OC)C(C)C)nc5=CC4)ccc2-3)[nH]1)C(C)C. The third-order valence-corrected chi connectivity index (χ3v) is 15.0. The number of hydrogen-bond acceptors (Lipinski definition) is 8. The lowest BCUT2D eigenvalue weighted by Crippen LogP contribution is -2.54. The van der Waals surface area contributed by atoms with Gasteiger partial charge < -0.3 is 39.9 Å². The third-order valence-electron chi connectivity index (χ3n) is 15.0. The molecule has 1 spiro atoms. The van der Waals surface area contributed by atoms with Crippen LogP contribution >= 0.6 is 0 Å². The summed E-state index contributed by atoms with van der Waals surface area (Å²) < 4.78 is 43.0. The Morgan fingerprint density at radius 1 is 0.862 bits per heavy atom. The maximum atomic E-state index is 16.7. The van der Waals surface area contributed by atoms with Crippen molar-refractivity contribution >= 4 is 36.2 Å². The monoisotopic (exact) mass is 890 g/mol. The zero-order valence-electron chi connectivity index (χ0n) is 37.5. The van der Waals surface area contributed by atoms with Gasteiger partial charge in [-0.15, -0.1) is 0 Å². The fourth-order valence-electron chi connectivity index (χ4n) is 11.3. The second kappa shape index (κ2) is 15.8. The van der Waals surface area contributed by atoms with Crippen molar-refractivity contribution < 1.29 is 37.4 Å². The molecule has 2 aromatic heterocycles. The Morgan fingerprint density at radius 3 is 2.22 bits per heavy atom. The zero-order valence-corrected chi connectivity index (χ0v) is 37.5. The van der Waals surface area contributed by atoms with Crippen molar-refractivity contribution in [1.82, 2.24) is 40.4 Å². The van der Waals surface area contributed by atoms with Gasteiger partial charge in [-0.2, -0.15) is 8.78 Å². The van der Waals surface area contributed by atoms with Gasteiger partial charge in [-0.3, -0.25) is 9.59 Å². The quantitative estimate of drug-likeness (QED) is 0.139. The van der Waals surface area contributed by atoms with Crippen molar-refractivity contribution in [2.45, 2.75) is 115 Å². The van der Waals surface area contributed by atoms with E-state index in [2.05, 4.69) is 26.7 Å². The van der Waals surface area contributed by atoms with E-state index >= 15 is 8.78 Å². The van der Waals surface area contributed by atoms with Crippen LogP contribution in [0.25, 0.3) is 34.5 Å². The van der Waals surface area contributed by atoms with Gasteiger partial charge in [0.25, 0.3) is 5.92 Å². The molecule has 7 atom stereocenters. The number of carbonyl (C=O) groups is 4. The molecule has 65 heavy (non-hydrogen) atoms. The number of aromatic nitrogens is 4. The number of hydrogen-bond donors (Lipinski definition) is 4. The average Bonchev–Trinajstić information content (AvgIpc) is 3.95. The van der Waals surface area contributed by atoms with Crippen molar-refractivity contribution in [3.8, 4) is 22.4 Å². The molecule has 4 fully saturated rings. The predicted molar refractivity (Wildman–Crippen MR) is 236 cm³/mol. The van der Waals surface area contributed by atoms with Crippen LogP contribution in [0.15, 0.2) is 42.6 Å². The van der Waals surface area contributed by atoms with Crippen molar-refractivity contribution in [1.29, 1.82) is 0 Å². The molecule has 2 saturated heterocycles. The summed E-state index contributed by atoms with van der Waals surface area (Å²) in [6.45, 7) is 8.11. The van der Waals surface area contributed by atoms with Crippen LogP contribution in [0.1, 0.15) is 119 Å². The van der Waals surface area contributed by atoms with Crippen LogP contribution in [0.2, 0.25) is 0 Å². The van der Waals surface area contributed by atoms with Crippen LogP contribution in [-0.2, 0) is 25.0 Å². The van der Waals surface area contributed by atoms with Gasteiger partial charge in [-0.25, -0.2) is 19.6 Å². The minimum absolute atomic E-state index is 0.0141. The van der Waals surface area contributed by atoms with E-state index in [1.165, 1.54) is 14.2 Å². The number of halogens is 2. The molecular weight excluding hydrogens is 835 g/mol. The predicted octanol–water partition coefficient (Wildman–Crippen LogP) is 6.54. The number of ether oxygens (including phenoxy) is 2. The number of imidazole rings is 2. The van der Waals surface area contributed by atoms with E-state index < -0.39 is 30.2 Å². The summed E-state index contributed by atoms with van der Waals surface area (Å²) in [5.41, 5.74) is 2.78. The average molecular weight is 891 g/mol. The minimum Gasteiger partial charge on any atom is -0.453 e. The van der Waals surface area contributed by atoms with E-state index in [1.54, 1.807) is 35.4 Å². The van der Waals surface area contributed by atoms with Gasteiger partial charge in [0.15, 0.2) is 0 Å². The molecule has 4 heterocycles. The number of benzene rings is 2. The summed E-state index contributed by atoms with van der Waals surface area (Å²) >= 11 is 0. The number of likely N-dealkylation sites (tertiary alicyclic amines) is 2. The maximum absolute atomic E-state index is 16.7. The first kappa shape index (κ1) is 42.9. The normalized spacial score (nSPS) is 24.8. The highest BCUT2D eigenvalue weighted by Gasteiger charge is 2.56. The first-order chi connectivity index (χ1) is 31.1. The number of piperidine rings is 1. The van der Waals surface area contributed by atoms with E-state index in [0.29, 0.717) is 47.0 Å². The number of fused-ring (bicyclic) bond motifs is 6. The van der Waals surface area contributed by atoms with Gasteiger partial charge in [0, 0.05) is 35.2 Å². The molecule has 0 radical (unpaired) electrons. The highest BCUT2D eigenvalue weighted by molar-refractivity contribution is 5.88. The van der Waals surface area contributed by atoms with Gasteiger partial charge in [0.05, 0.1) is 48.9 Å². The van der Waals surface area contributed by atoms with Crippen LogP contribution in [0, 0.1) is 23.2 Å².